The number of hydrogen-bond acceptors (Lipinski definition) is 5. The van der Waals surface area contributed by atoms with Crippen LogP contribution < -0.4 is 0 Å². The van der Waals surface area contributed by atoms with Gasteiger partial charge in [0, 0.05) is 12.8 Å². The molecule has 0 radical (unpaired) electrons. The topological polar surface area (TPSA) is 72.8 Å². The van der Waals surface area contributed by atoms with Crippen LogP contribution in [0.4, 0.5) is 0 Å². The largest absolute Gasteiger partial charge is 0.462 e. The van der Waals surface area contributed by atoms with Crippen LogP contribution in [0, 0.1) is 0 Å². The highest BCUT2D eigenvalue weighted by Crippen LogP contribution is 2.18. The van der Waals surface area contributed by atoms with Crippen LogP contribution in [0.2, 0.25) is 0 Å². The van der Waals surface area contributed by atoms with Crippen molar-refractivity contribution >= 4 is 11.9 Å². The van der Waals surface area contributed by atoms with Gasteiger partial charge in [0.25, 0.3) is 0 Å². The summed E-state index contributed by atoms with van der Waals surface area (Å²) in [6.07, 6.45) is 78.6. The summed E-state index contributed by atoms with van der Waals surface area (Å²) in [6.45, 7) is 4.18. The van der Waals surface area contributed by atoms with Crippen LogP contribution >= 0.6 is 0 Å². The van der Waals surface area contributed by atoms with Crippen molar-refractivity contribution in [3.05, 3.63) is 36.5 Å². The van der Waals surface area contributed by atoms with E-state index in [9.17, 15) is 14.7 Å². The predicted molar refractivity (Wildman–Crippen MR) is 302 cm³/mol. The molecule has 0 saturated heterocycles. The van der Waals surface area contributed by atoms with E-state index in [2.05, 4.69) is 50.3 Å². The monoisotopic (exact) mass is 969 g/mol. The highest BCUT2D eigenvalue weighted by molar-refractivity contribution is 5.70. The van der Waals surface area contributed by atoms with E-state index in [4.69, 9.17) is 9.47 Å². The summed E-state index contributed by atoms with van der Waals surface area (Å²) in [5.74, 6) is -0.568. The van der Waals surface area contributed by atoms with Gasteiger partial charge < -0.3 is 14.6 Å². The van der Waals surface area contributed by atoms with Crippen molar-refractivity contribution in [3.63, 3.8) is 0 Å². The van der Waals surface area contributed by atoms with Crippen molar-refractivity contribution in [1.29, 1.82) is 0 Å². The maximum Gasteiger partial charge on any atom is 0.306 e. The van der Waals surface area contributed by atoms with Gasteiger partial charge in [0.1, 0.15) is 6.61 Å². The molecule has 0 aliphatic heterocycles. The van der Waals surface area contributed by atoms with E-state index in [0.717, 1.165) is 44.9 Å². The number of aliphatic hydroxyl groups excluding tert-OH is 1. The highest BCUT2D eigenvalue weighted by Gasteiger charge is 2.16. The first-order valence-electron chi connectivity index (χ1n) is 31.0. The van der Waals surface area contributed by atoms with Crippen molar-refractivity contribution in [2.24, 2.45) is 0 Å². The maximum atomic E-state index is 12.3. The van der Waals surface area contributed by atoms with Crippen LogP contribution in [0.3, 0.4) is 0 Å². The van der Waals surface area contributed by atoms with Crippen LogP contribution in [0.15, 0.2) is 36.5 Å². The third-order valence-electron chi connectivity index (χ3n) is 14.2. The average molecular weight is 970 g/mol. The molecule has 0 bridgehead atoms. The van der Waals surface area contributed by atoms with Gasteiger partial charge in [-0.3, -0.25) is 9.59 Å². The maximum absolute atomic E-state index is 12.3. The molecule has 0 aromatic rings. The molecule has 0 spiro atoms. The number of ether oxygens (including phenoxy) is 2. The molecule has 69 heavy (non-hydrogen) atoms. The van der Waals surface area contributed by atoms with Crippen molar-refractivity contribution in [1.82, 2.24) is 0 Å². The Morgan fingerprint density at radius 1 is 0.333 bits per heavy atom. The Balaban J connectivity index is 3.39. The molecule has 1 N–H and O–H groups in total. The van der Waals surface area contributed by atoms with Gasteiger partial charge in [-0.1, -0.05) is 314 Å². The summed E-state index contributed by atoms with van der Waals surface area (Å²) in [6, 6.07) is 0. The summed E-state index contributed by atoms with van der Waals surface area (Å²) in [5.41, 5.74) is 0. The second kappa shape index (κ2) is 60.4. The van der Waals surface area contributed by atoms with Crippen molar-refractivity contribution in [2.75, 3.05) is 13.2 Å². The van der Waals surface area contributed by atoms with Crippen molar-refractivity contribution in [3.8, 4) is 0 Å². The van der Waals surface area contributed by atoms with Crippen molar-refractivity contribution < 1.29 is 24.2 Å². The first-order valence-corrected chi connectivity index (χ1v) is 31.0. The third-order valence-corrected chi connectivity index (χ3v) is 14.2. The molecule has 1 unspecified atom stereocenters. The van der Waals surface area contributed by atoms with Gasteiger partial charge in [0.05, 0.1) is 6.61 Å². The fourth-order valence-corrected chi connectivity index (χ4v) is 9.51. The van der Waals surface area contributed by atoms with E-state index in [1.807, 2.05) is 0 Å². The molecule has 0 aliphatic rings. The normalized spacial score (nSPS) is 12.3. The van der Waals surface area contributed by atoms with Gasteiger partial charge >= 0.3 is 11.9 Å². The molecular formula is C64H120O5. The first kappa shape index (κ1) is 67.1. The lowest BCUT2D eigenvalue weighted by atomic mass is 10.0. The molecule has 0 rings (SSSR count). The minimum atomic E-state index is -0.767. The van der Waals surface area contributed by atoms with E-state index in [1.54, 1.807) is 0 Å². The molecule has 0 fully saturated rings. The predicted octanol–water partition coefficient (Wildman–Crippen LogP) is 21.0. The van der Waals surface area contributed by atoms with Crippen LogP contribution in [-0.4, -0.2) is 36.4 Å². The first-order chi connectivity index (χ1) is 34.1. The molecule has 5 nitrogen and oxygen atoms in total. The van der Waals surface area contributed by atoms with Crippen LogP contribution in [0.1, 0.15) is 341 Å². The van der Waals surface area contributed by atoms with E-state index < -0.39 is 6.10 Å². The lowest BCUT2D eigenvalue weighted by Gasteiger charge is -2.15. The molecule has 5 heteroatoms. The zero-order valence-corrected chi connectivity index (χ0v) is 46.6. The van der Waals surface area contributed by atoms with Crippen LogP contribution in [-0.2, 0) is 19.1 Å². The molecule has 0 aromatic heterocycles. The van der Waals surface area contributed by atoms with E-state index >= 15 is 0 Å². The Bertz CT molecular complexity index is 1100. The standard InChI is InChI=1S/C64H120O5/c1-3-5-7-9-11-13-15-17-19-21-23-24-25-26-27-28-29-30-31-32-33-34-35-36-37-38-39-40-41-43-45-47-49-51-53-55-57-59-64(67)69-62(60-65)61-68-63(66)58-56-54-52-50-48-46-44-42-22-20-18-16-14-12-10-8-6-4-2/h15,17,21,23,25-26,62,65H,3-14,16,18-20,22,24,27-61H2,1-2H3/b17-15-,23-21-,26-25-. The molecule has 406 valence electrons. The summed E-state index contributed by atoms with van der Waals surface area (Å²) in [4.78, 5) is 24.5. The third kappa shape index (κ3) is 58.6. The minimum absolute atomic E-state index is 0.0586. The smallest absolute Gasteiger partial charge is 0.306 e. The number of aliphatic hydroxyl groups is 1. The Hall–Kier alpha value is -1.88. The molecule has 0 aliphatic carbocycles. The molecular weight excluding hydrogens is 849 g/mol. The molecule has 0 amide bonds. The number of hydrogen-bond donors (Lipinski definition) is 1. The highest BCUT2D eigenvalue weighted by atomic mass is 16.6. The zero-order chi connectivity index (χ0) is 49.9. The van der Waals surface area contributed by atoms with Gasteiger partial charge in [-0.05, 0) is 51.4 Å². The SMILES string of the molecule is CCCCCCC/C=C\C/C=C\C/C=C\CCCCCCCCCCCCCCCCCCCCCCCCC(=O)OC(CO)COC(=O)CCCCCCCCCCCCCCCCCCCC. The fraction of sp³-hybridized carbons (Fsp3) is 0.875. The minimum Gasteiger partial charge on any atom is -0.462 e. The zero-order valence-electron chi connectivity index (χ0n) is 46.6. The number of carbonyl (C=O) groups excluding carboxylic acids is 2. The van der Waals surface area contributed by atoms with Gasteiger partial charge in [0.15, 0.2) is 6.10 Å². The van der Waals surface area contributed by atoms with Crippen LogP contribution in [0.25, 0.3) is 0 Å². The van der Waals surface area contributed by atoms with Gasteiger partial charge in [0.2, 0.25) is 0 Å². The number of carbonyl (C=O) groups is 2. The summed E-state index contributed by atoms with van der Waals surface area (Å²) < 4.78 is 10.7. The lowest BCUT2D eigenvalue weighted by Crippen LogP contribution is -2.28. The van der Waals surface area contributed by atoms with Gasteiger partial charge in [-0.15, -0.1) is 0 Å². The van der Waals surface area contributed by atoms with E-state index in [-0.39, 0.29) is 25.2 Å². The number of unbranched alkanes of at least 4 members (excludes halogenated alkanes) is 44. The Morgan fingerprint density at radius 3 is 0.870 bits per heavy atom. The van der Waals surface area contributed by atoms with Crippen LogP contribution in [0.5, 0.6) is 0 Å². The fourth-order valence-electron chi connectivity index (χ4n) is 9.51. The average Bonchev–Trinajstić information content (AvgIpc) is 3.35. The summed E-state index contributed by atoms with van der Waals surface area (Å²) >= 11 is 0. The quantitative estimate of drug-likeness (QED) is 0.0373. The molecule has 0 aromatic carbocycles. The number of allylic oxidation sites excluding steroid dienone is 6. The van der Waals surface area contributed by atoms with Gasteiger partial charge in [-0.25, -0.2) is 0 Å². The second-order valence-electron chi connectivity index (χ2n) is 21.1. The summed E-state index contributed by atoms with van der Waals surface area (Å²) in [5, 5.41) is 9.66. The molecule has 1 atom stereocenters. The van der Waals surface area contributed by atoms with Crippen molar-refractivity contribution in [2.45, 2.75) is 347 Å². The van der Waals surface area contributed by atoms with Gasteiger partial charge in [-0.2, -0.15) is 0 Å². The Kier molecular flexibility index (Phi) is 58.8. The van der Waals surface area contributed by atoms with E-state index in [1.165, 1.54) is 270 Å². The van der Waals surface area contributed by atoms with E-state index in [0.29, 0.717) is 12.8 Å². The number of esters is 2. The molecule has 0 saturated carbocycles. The second-order valence-corrected chi connectivity index (χ2v) is 21.1. The Morgan fingerprint density at radius 2 is 0.580 bits per heavy atom. The molecule has 0 heterocycles. The lowest BCUT2D eigenvalue weighted by molar-refractivity contribution is -0.161. The Labute approximate surface area is 431 Å². The summed E-state index contributed by atoms with van der Waals surface area (Å²) in [7, 11) is 0. The number of rotatable bonds is 58.